The summed E-state index contributed by atoms with van der Waals surface area (Å²) in [7, 11) is 15.8. The van der Waals surface area contributed by atoms with E-state index in [-0.39, 0.29) is 108 Å². The van der Waals surface area contributed by atoms with E-state index in [2.05, 4.69) is 70.2 Å². The maximum atomic E-state index is 13.2. The van der Waals surface area contributed by atoms with Gasteiger partial charge in [0.1, 0.15) is 121 Å². The average Bonchev–Trinajstić information content (AvgIpc) is 0.749. The quantitative estimate of drug-likeness (QED) is 0.0119. The first-order valence-electron chi connectivity index (χ1n) is 34.8. The summed E-state index contributed by atoms with van der Waals surface area (Å²) in [5, 5.41) is 41.1. The van der Waals surface area contributed by atoms with Crippen molar-refractivity contribution in [3.8, 4) is 39.7 Å². The Morgan fingerprint density at radius 3 is 1.50 bits per heavy atom. The number of Topliss-reactive ketones (excluding diaryl/α,β-unsaturated/α-hetero) is 2. The Labute approximate surface area is 621 Å². The number of nitrogens with zero attached hydrogens (tertiary/aromatic N) is 6. The number of ether oxygens (including phenoxy) is 10. The van der Waals surface area contributed by atoms with Crippen LogP contribution >= 0.6 is 0 Å². The number of carboxylic acid groups (broad SMARTS) is 4. The van der Waals surface area contributed by atoms with Crippen LogP contribution in [-0.2, 0) is 68.3 Å². The standard InChI is InChI=1S/C80H94N6O21/c1-81(2)60-23-16-56(17-24-60)79(57-18-25-61(26-19-57)82(3)4)58-20-29-66(30-21-58)104-37-11-13-64(87)12-9-35-97-49-99-51-101-53-103-54-102-52-100-50-98-36-10-14-65(88)40-55-15-34-71(70(41-55)86(47-77(93)94)48-78(95)96)105-38-39-106-74-42-59(22-33-69(74)85(45-75(89)90)46-76(91)92)80-67-31-27-62(83(5)6)43-72(67)107-73-44-63(84(7)8)28-32-68(73)80/h15-34,41-44H,9-14,35-40,45-54H2,1-8H3,(H2-2,89,90,91,92,93,94,95,96)/p+2. The van der Waals surface area contributed by atoms with Gasteiger partial charge in [0.25, 0.3) is 0 Å². The molecule has 27 heteroatoms. The number of carbonyl (C=O) groups excluding carboxylic acids is 2. The lowest BCUT2D eigenvalue weighted by Gasteiger charge is -2.26. The fraction of sp³-hybridized carbons (Fsp3) is 0.375. The molecule has 2 aliphatic carbocycles. The molecule has 107 heavy (non-hydrogen) atoms. The van der Waals surface area contributed by atoms with Crippen molar-refractivity contribution in [2.45, 2.75) is 44.9 Å². The van der Waals surface area contributed by atoms with E-state index in [4.69, 9.17) is 51.8 Å². The molecule has 0 saturated carbocycles. The normalized spacial score (nSPS) is 11.8. The summed E-state index contributed by atoms with van der Waals surface area (Å²) in [6.07, 6.45) is 10.8. The monoisotopic (exact) mass is 1480 g/mol. The lowest BCUT2D eigenvalue weighted by molar-refractivity contribution is -0.462. The van der Waals surface area contributed by atoms with Gasteiger partial charge < -0.3 is 91.8 Å². The maximum Gasteiger partial charge on any atom is 0.323 e. The van der Waals surface area contributed by atoms with Gasteiger partial charge in [-0.1, -0.05) is 36.4 Å². The second kappa shape index (κ2) is 41.8. The minimum Gasteiger partial charge on any atom is -0.494 e. The Hall–Kier alpha value is -10.8. The largest absolute Gasteiger partial charge is 0.494 e. The predicted molar refractivity (Wildman–Crippen MR) is 404 cm³/mol. The van der Waals surface area contributed by atoms with Crippen LogP contribution in [-0.4, -0.2) is 223 Å². The minimum absolute atomic E-state index is 0.0227. The molecule has 3 aliphatic rings. The molecule has 0 bridgehead atoms. The van der Waals surface area contributed by atoms with Gasteiger partial charge in [0.05, 0.1) is 24.0 Å². The molecule has 4 N–H and O–H groups in total. The molecule has 1 heterocycles. The molecule has 1 aliphatic heterocycles. The van der Waals surface area contributed by atoms with Crippen molar-refractivity contribution in [2.75, 3.05) is 176 Å². The first kappa shape index (κ1) is 81.9. The zero-order chi connectivity index (χ0) is 76.8. The Bertz CT molecular complexity index is 4290. The van der Waals surface area contributed by atoms with Crippen molar-refractivity contribution in [1.82, 2.24) is 4.58 Å². The Balaban J connectivity index is 0.706. The van der Waals surface area contributed by atoms with Gasteiger partial charge in [-0.15, -0.1) is 0 Å². The SMILES string of the molecule is CN(C)c1ccc(C(=C2C=CC(=[N+](C)C)C=C2)c2ccc(OCCCC(=O)CCCOCOCOCOCOCOCOCCCC(=O)Cc3ccc(OCCOc4cc(-c5c6ccc(=[N+](C)C)cc-6oc6cc(N(C)C)ccc56)ccc4N(CC(=O)O)CC(=O)O)c(N(CC(=O)O)CC(=O)O)c3)cc2)cc1. The van der Waals surface area contributed by atoms with Crippen LogP contribution in [0.4, 0.5) is 22.7 Å². The number of rotatable bonds is 47. The second-order valence-electron chi connectivity index (χ2n) is 25.8. The number of ketones is 2. The van der Waals surface area contributed by atoms with E-state index in [0.29, 0.717) is 67.8 Å². The van der Waals surface area contributed by atoms with E-state index < -0.39 is 50.1 Å². The number of anilines is 4. The van der Waals surface area contributed by atoms with E-state index in [9.17, 15) is 49.2 Å². The third kappa shape index (κ3) is 25.8. The topological polar surface area (TPSA) is 308 Å². The van der Waals surface area contributed by atoms with E-state index >= 15 is 0 Å². The first-order chi connectivity index (χ1) is 51.5. The summed E-state index contributed by atoms with van der Waals surface area (Å²) in [6, 6.07) is 37.9. The average molecular weight is 1480 g/mol. The van der Waals surface area contributed by atoms with Crippen molar-refractivity contribution in [2.24, 2.45) is 0 Å². The maximum absolute atomic E-state index is 13.2. The van der Waals surface area contributed by atoms with E-state index in [0.717, 1.165) is 76.8 Å². The van der Waals surface area contributed by atoms with Crippen LogP contribution in [0.5, 0.6) is 17.2 Å². The number of benzene rings is 6. The molecule has 5 aromatic carbocycles. The van der Waals surface area contributed by atoms with Crippen LogP contribution in [0.2, 0.25) is 0 Å². The molecule has 0 atom stereocenters. The van der Waals surface area contributed by atoms with Crippen molar-refractivity contribution in [1.29, 1.82) is 0 Å². The van der Waals surface area contributed by atoms with Crippen LogP contribution in [0, 0.1) is 0 Å². The molecule has 0 aromatic heterocycles. The molecule has 0 unspecified atom stereocenters. The lowest BCUT2D eigenvalue weighted by atomic mass is 9.90. The fourth-order valence-electron chi connectivity index (χ4n) is 11.6. The minimum atomic E-state index is -1.33. The van der Waals surface area contributed by atoms with Gasteiger partial charge in [0.15, 0.2) is 32.9 Å². The Morgan fingerprint density at radius 2 is 0.963 bits per heavy atom. The molecule has 0 fully saturated rings. The summed E-state index contributed by atoms with van der Waals surface area (Å²) < 4.78 is 66.4. The van der Waals surface area contributed by atoms with Crippen LogP contribution in [0.25, 0.3) is 39.0 Å². The third-order valence-corrected chi connectivity index (χ3v) is 16.8. The summed E-state index contributed by atoms with van der Waals surface area (Å²) in [5.74, 6) is -3.77. The number of fused-ring (bicyclic) bond motifs is 2. The number of aliphatic carboxylic acids is 4. The number of hydrogen-bond donors (Lipinski definition) is 4. The van der Waals surface area contributed by atoms with Crippen LogP contribution in [0.15, 0.2) is 156 Å². The highest BCUT2D eigenvalue weighted by molar-refractivity contribution is 6.05. The molecule has 570 valence electrons. The predicted octanol–water partition coefficient (Wildman–Crippen LogP) is 9.38. The number of allylic oxidation sites excluding steroid dienone is 5. The molecular weight excluding hydrogens is 1380 g/mol. The smallest absolute Gasteiger partial charge is 0.323 e. The van der Waals surface area contributed by atoms with Gasteiger partial charge in [0, 0.05) is 119 Å². The third-order valence-electron chi connectivity index (χ3n) is 16.8. The highest BCUT2D eigenvalue weighted by Gasteiger charge is 2.25. The van der Waals surface area contributed by atoms with E-state index in [1.807, 2.05) is 114 Å². The summed E-state index contributed by atoms with van der Waals surface area (Å²) in [4.78, 5) is 80.5. The van der Waals surface area contributed by atoms with Gasteiger partial charge in [-0.25, -0.2) is 9.15 Å². The van der Waals surface area contributed by atoms with Crippen molar-refractivity contribution < 1.29 is 106 Å². The van der Waals surface area contributed by atoms with Gasteiger partial charge in [0.2, 0.25) is 5.36 Å². The first-order valence-corrected chi connectivity index (χ1v) is 34.8. The molecule has 5 aromatic rings. The molecule has 0 spiro atoms. The molecule has 8 rings (SSSR count). The zero-order valence-corrected chi connectivity index (χ0v) is 61.8. The van der Waals surface area contributed by atoms with E-state index in [1.54, 1.807) is 24.3 Å². The molecule has 0 saturated heterocycles. The van der Waals surface area contributed by atoms with E-state index in [1.165, 1.54) is 12.1 Å². The summed E-state index contributed by atoms with van der Waals surface area (Å²) >= 11 is 0. The summed E-state index contributed by atoms with van der Waals surface area (Å²) in [5.41, 5.74) is 11.0. The van der Waals surface area contributed by atoms with Crippen molar-refractivity contribution in [3.05, 3.63) is 173 Å². The lowest BCUT2D eigenvalue weighted by Crippen LogP contribution is -2.35. The van der Waals surface area contributed by atoms with Crippen molar-refractivity contribution >= 4 is 80.4 Å². The van der Waals surface area contributed by atoms with Crippen LogP contribution < -0.4 is 43.7 Å². The zero-order valence-electron chi connectivity index (χ0n) is 61.8. The highest BCUT2D eigenvalue weighted by Crippen LogP contribution is 2.44. The molecule has 0 amide bonds. The van der Waals surface area contributed by atoms with Crippen LogP contribution in [0.1, 0.15) is 55.2 Å². The Kier molecular flexibility index (Phi) is 32.0. The number of hydrogen-bond acceptors (Lipinski definition) is 21. The molecular formula is C80H96N6O21+2. The van der Waals surface area contributed by atoms with Crippen LogP contribution in [0.3, 0.4) is 0 Å². The number of carboxylic acids is 4. The second-order valence-corrected chi connectivity index (χ2v) is 25.8. The highest BCUT2D eigenvalue weighted by atomic mass is 16.8. The fourth-order valence-corrected chi connectivity index (χ4v) is 11.6. The van der Waals surface area contributed by atoms with Gasteiger partial charge in [-0.3, -0.25) is 28.8 Å². The van der Waals surface area contributed by atoms with Gasteiger partial charge >= 0.3 is 23.9 Å². The van der Waals surface area contributed by atoms with Crippen molar-refractivity contribution in [3.63, 3.8) is 0 Å². The van der Waals surface area contributed by atoms with Gasteiger partial charge in [-0.05, 0) is 132 Å². The Morgan fingerprint density at radius 1 is 0.449 bits per heavy atom. The van der Waals surface area contributed by atoms with Gasteiger partial charge in [-0.2, -0.15) is 0 Å². The molecule has 27 nitrogen and oxygen atoms in total. The molecule has 0 radical (unpaired) electrons. The number of carbonyl (C=O) groups is 6. The summed E-state index contributed by atoms with van der Waals surface area (Å²) in [6.45, 7) is -2.98.